The van der Waals surface area contributed by atoms with Crippen molar-refractivity contribution in [3.8, 4) is 34.5 Å². The molecule has 0 aliphatic rings. The fraction of sp³-hybridized carbons (Fsp3) is 0.638. The molecule has 0 aliphatic carbocycles. The van der Waals surface area contributed by atoms with Gasteiger partial charge in [-0.05, 0) is 306 Å². The number of ether oxygens (including phenoxy) is 6. The Labute approximate surface area is 964 Å². The Morgan fingerprint density at radius 2 is 0.271 bits per heavy atom. The fourth-order valence-electron chi connectivity index (χ4n) is 15.2. The molecule has 0 amide bonds. The van der Waals surface area contributed by atoms with Gasteiger partial charge in [0, 0.05) is 39.3 Å². The third-order valence-electron chi connectivity index (χ3n) is 25.2. The largest absolute Gasteiger partial charge is 1.00 e. The first-order chi connectivity index (χ1) is 62.8. The van der Waals surface area contributed by atoms with Crippen LogP contribution in [-0.2, 0) is 0 Å². The van der Waals surface area contributed by atoms with Crippen LogP contribution in [0.4, 0.5) is 0 Å². The zero-order valence-corrected chi connectivity index (χ0v) is 104. The molecule has 6 aromatic carbocycles. The lowest BCUT2D eigenvalue weighted by molar-refractivity contribution is -0.890. The van der Waals surface area contributed by atoms with Crippen molar-refractivity contribution >= 4 is 36.5 Å². The number of quaternary nitrogens is 6. The van der Waals surface area contributed by atoms with E-state index in [0.29, 0.717) is 0 Å². The second kappa shape index (κ2) is 85.0. The number of likely N-dealkylation sites (N-methyl/N-ethyl adjacent to an activating group) is 12. The summed E-state index contributed by atoms with van der Waals surface area (Å²) >= 11 is 0. The van der Waals surface area contributed by atoms with Gasteiger partial charge in [0.2, 0.25) is 0 Å². The summed E-state index contributed by atoms with van der Waals surface area (Å²) in [6.07, 6.45) is 42.6. The predicted octanol–water partition coefficient (Wildman–Crippen LogP) is 4.33. The number of nitrogens with zero attached hydrogens (tertiary/aromatic N) is 12. The monoisotopic (exact) mass is 2630 g/mol. The highest BCUT2D eigenvalue weighted by Crippen LogP contribution is 2.24. The van der Waals surface area contributed by atoms with E-state index in [4.69, 9.17) is 28.4 Å². The normalized spacial score (nSPS) is 11.8. The highest BCUT2D eigenvalue weighted by molar-refractivity contribution is 5.72. The van der Waals surface area contributed by atoms with Gasteiger partial charge in [-0.3, -0.25) is 0 Å². The van der Waals surface area contributed by atoms with Gasteiger partial charge >= 0.3 is 0 Å². The summed E-state index contributed by atoms with van der Waals surface area (Å²) in [5, 5.41) is 0. The van der Waals surface area contributed by atoms with Gasteiger partial charge in [-0.2, -0.15) is 0 Å². The van der Waals surface area contributed by atoms with Crippen LogP contribution in [0.15, 0.2) is 146 Å². The van der Waals surface area contributed by atoms with Gasteiger partial charge in [0.25, 0.3) is 0 Å². The van der Waals surface area contributed by atoms with Crippen LogP contribution in [-0.4, -0.2) is 383 Å². The van der Waals surface area contributed by atoms with Gasteiger partial charge in [-0.15, -0.1) is 0 Å². The Bertz CT molecular complexity index is 3680. The Kier molecular flexibility index (Phi) is 88.4. The van der Waals surface area contributed by atoms with Gasteiger partial charge in [0.15, 0.2) is 0 Å². The van der Waals surface area contributed by atoms with Gasteiger partial charge in [0.1, 0.15) is 34.5 Å². The molecule has 808 valence electrons. The molecule has 0 heterocycles. The highest BCUT2D eigenvalue weighted by atomic mass is 127. The summed E-state index contributed by atoms with van der Waals surface area (Å²) in [6, 6.07) is 50.4. The highest BCUT2D eigenvalue weighted by Gasteiger charge is 2.21. The smallest absolute Gasteiger partial charge is 0.119 e. The molecule has 6 aromatic rings. The van der Waals surface area contributed by atoms with E-state index in [9.17, 15) is 0 Å². The lowest BCUT2D eigenvalue weighted by atomic mass is 10.1. The first-order valence-corrected chi connectivity index (χ1v) is 51.0. The summed E-state index contributed by atoms with van der Waals surface area (Å²) in [6.45, 7) is 26.2. The van der Waals surface area contributed by atoms with Gasteiger partial charge in [-0.25, -0.2) is 0 Å². The molecule has 0 aliphatic heterocycles. The van der Waals surface area contributed by atoms with E-state index in [-0.39, 0.29) is 159 Å². The molecular formula is C116H206I6N12O6. The molecule has 0 saturated heterocycles. The lowest BCUT2D eigenvalue weighted by Gasteiger charge is -2.31. The Morgan fingerprint density at radius 3 is 0.400 bits per heavy atom. The Balaban J connectivity index is -0.000000635. The molecule has 0 atom stereocenters. The maximum atomic E-state index is 6.00. The number of rotatable bonds is 72. The van der Waals surface area contributed by atoms with E-state index in [2.05, 4.69) is 381 Å². The standard InChI is InChI=1S/C42H74N4O2.C38H66N4O2.C34H58N4O2.2CH4.6HI/c1-43(2)31-35-45(5,6)33-17-13-9-11-15-19-37-47-41-27-23-39(24-28-41)21-22-40-25-29-42(30-26-40)48-38-20-16-12-10-14-18-34-46(7,8)36-32-44(3)4;1-39(2)27-31-41(5,6)29-13-9-11-15-33-43-37-23-19-35(20-24-37)17-18-36-21-25-38(26-22-36)44-34-16-12-10-14-30-42(7,8)32-28-40(3)4;1-35(2)23-27-37(5,6)25-9-11-29-39-33-19-15-31(16-20-33)13-14-32-17-21-34(22-18-32)40-30-12-10-26-38(7,8)28-24-36(3)4;;;;;;;;/h21-30H,9-20,31-38H2,1-8H3;17-26H,9-16,27-34H2,1-8H3;13-22H,9-12,23-30H2,1-8H3;2*1H4;6*1H/q3*+2;;;;;;;;/p-6/b22-21+;18-17+;14-13+;;;;;;;;. The van der Waals surface area contributed by atoms with Crippen LogP contribution >= 0.6 is 0 Å². The molecule has 140 heavy (non-hydrogen) atoms. The van der Waals surface area contributed by atoms with Crippen molar-refractivity contribution in [2.75, 3.05) is 327 Å². The molecule has 0 aromatic heterocycles. The average molecular weight is 2630 g/mol. The van der Waals surface area contributed by atoms with Crippen molar-refractivity contribution in [2.45, 2.75) is 169 Å². The third-order valence-corrected chi connectivity index (χ3v) is 25.2. The minimum absolute atomic E-state index is 0. The SMILES string of the molecule is C.C.CN(C)CC[N+](C)(C)CCCCCCCCOc1ccc(/C=C/c2ccc(OCCCCCCCC[N+](C)(C)CCN(C)C)cc2)cc1.CN(C)CC[N+](C)(C)CCCCCCOc1ccc(/C=C/c2ccc(OCCCCCC[N+](C)(C)CCN(C)C)cc2)cc1.CN(C)CC[N+](C)(C)CCCCOc1ccc(/C=C/c2ccc(OCCCC[N+](C)(C)CCN(C)C)cc2)cc1.[I-].[I-].[I-].[I-].[I-].[I-]. The molecule has 0 saturated carbocycles. The van der Waals surface area contributed by atoms with E-state index in [1.54, 1.807) is 0 Å². The molecule has 0 radical (unpaired) electrons. The average Bonchev–Trinajstić information content (AvgIpc) is 0.889. The van der Waals surface area contributed by atoms with Crippen LogP contribution in [0.1, 0.15) is 202 Å². The molecule has 0 bridgehead atoms. The Morgan fingerprint density at radius 1 is 0.164 bits per heavy atom. The van der Waals surface area contributed by atoms with Crippen LogP contribution in [0, 0.1) is 0 Å². The van der Waals surface area contributed by atoms with Crippen LogP contribution < -0.4 is 172 Å². The van der Waals surface area contributed by atoms with E-state index in [1.165, 1.54) is 227 Å². The molecule has 0 fully saturated rings. The molecule has 0 unspecified atom stereocenters. The molecule has 0 spiro atoms. The molecular weight excluding hydrogens is 2420 g/mol. The number of halogens is 6. The second-order valence-electron chi connectivity index (χ2n) is 43.1. The van der Waals surface area contributed by atoms with Crippen molar-refractivity contribution < 1.29 is 199 Å². The molecule has 18 nitrogen and oxygen atoms in total. The number of benzene rings is 6. The van der Waals surface area contributed by atoms with Crippen molar-refractivity contribution in [2.24, 2.45) is 0 Å². The summed E-state index contributed by atoms with van der Waals surface area (Å²) in [4.78, 5) is 13.6. The zero-order chi connectivity index (χ0) is 96.8. The maximum absolute atomic E-state index is 6.00. The second-order valence-corrected chi connectivity index (χ2v) is 43.1. The fourth-order valence-corrected chi connectivity index (χ4v) is 15.2. The maximum Gasteiger partial charge on any atom is 0.119 e. The first-order valence-electron chi connectivity index (χ1n) is 51.0. The lowest BCUT2D eigenvalue weighted by Crippen LogP contribution is -3.00. The van der Waals surface area contributed by atoms with E-state index >= 15 is 0 Å². The van der Waals surface area contributed by atoms with E-state index < -0.39 is 0 Å². The van der Waals surface area contributed by atoms with Gasteiger partial charge < -0.3 is 229 Å². The zero-order valence-electron chi connectivity index (χ0n) is 91.3. The van der Waals surface area contributed by atoms with Crippen molar-refractivity contribution in [1.29, 1.82) is 0 Å². The van der Waals surface area contributed by atoms with Crippen LogP contribution in [0.5, 0.6) is 34.5 Å². The summed E-state index contributed by atoms with van der Waals surface area (Å²) in [5.74, 6) is 5.70. The van der Waals surface area contributed by atoms with Crippen LogP contribution in [0.25, 0.3) is 36.5 Å². The summed E-state index contributed by atoms with van der Waals surface area (Å²) < 4.78 is 42.5. The van der Waals surface area contributed by atoms with E-state index in [0.717, 1.165) is 179 Å². The summed E-state index contributed by atoms with van der Waals surface area (Å²) in [7, 11) is 53.9. The predicted molar refractivity (Wildman–Crippen MR) is 585 cm³/mol. The van der Waals surface area contributed by atoms with Crippen LogP contribution in [0.2, 0.25) is 0 Å². The first kappa shape index (κ1) is 146. The Hall–Kier alpha value is -2.76. The minimum atomic E-state index is 0. The summed E-state index contributed by atoms with van der Waals surface area (Å²) in [5.41, 5.74) is 7.04. The quantitative estimate of drug-likeness (QED) is 0.0237. The number of unbranched alkanes of at least 4 members (excludes halogenated alkanes) is 18. The molecule has 0 N–H and O–H groups in total. The number of hydrogen-bond acceptors (Lipinski definition) is 12. The van der Waals surface area contributed by atoms with Gasteiger partial charge in [-0.1, -0.05) is 163 Å². The van der Waals surface area contributed by atoms with Crippen molar-refractivity contribution in [3.63, 3.8) is 0 Å². The topological polar surface area (TPSA) is 74.8 Å². The third kappa shape index (κ3) is 80.3. The van der Waals surface area contributed by atoms with Crippen molar-refractivity contribution in [3.05, 3.63) is 179 Å². The minimum Gasteiger partial charge on any atom is -1.00 e. The molecule has 24 heteroatoms. The number of hydrogen-bond donors (Lipinski definition) is 0. The van der Waals surface area contributed by atoms with Crippen LogP contribution in [0.3, 0.4) is 0 Å². The van der Waals surface area contributed by atoms with Crippen molar-refractivity contribution in [1.82, 2.24) is 29.4 Å². The van der Waals surface area contributed by atoms with Gasteiger partial charge in [0.05, 0.1) is 203 Å². The molecule has 6 rings (SSSR count). The van der Waals surface area contributed by atoms with E-state index in [1.807, 2.05) is 0 Å².